The van der Waals surface area contributed by atoms with E-state index in [4.69, 9.17) is 16.4 Å². The monoisotopic (exact) mass is 359 g/mol. The summed E-state index contributed by atoms with van der Waals surface area (Å²) in [5, 5.41) is 8.02. The molecule has 1 aliphatic rings. The highest BCUT2D eigenvalue weighted by molar-refractivity contribution is 7.18. The first-order chi connectivity index (χ1) is 11.7. The van der Waals surface area contributed by atoms with Gasteiger partial charge in [-0.25, -0.2) is 0 Å². The van der Waals surface area contributed by atoms with Crippen LogP contribution in [-0.4, -0.2) is 22.7 Å². The van der Waals surface area contributed by atoms with Gasteiger partial charge in [0.25, 0.3) is 5.91 Å². The molecule has 2 N–H and O–H groups in total. The van der Waals surface area contributed by atoms with Crippen molar-refractivity contribution in [3.05, 3.63) is 57.4 Å². The number of oxime groups is 1. The number of nitrogens with one attached hydrogen (secondary N) is 2. The maximum Gasteiger partial charge on any atom is 0.264 e. The number of aromatic nitrogens is 1. The Hall–Kier alpha value is -2.31. The van der Waals surface area contributed by atoms with Crippen molar-refractivity contribution in [3.63, 3.8) is 0 Å². The molecule has 0 radical (unpaired) electrons. The first-order valence-corrected chi connectivity index (χ1v) is 8.71. The van der Waals surface area contributed by atoms with E-state index in [1.807, 2.05) is 42.5 Å². The Labute approximate surface area is 147 Å². The maximum absolute atomic E-state index is 12.3. The summed E-state index contributed by atoms with van der Waals surface area (Å²) in [6.45, 7) is 0.424. The number of fused-ring (bicyclic) bond motifs is 1. The summed E-state index contributed by atoms with van der Waals surface area (Å²) in [4.78, 5) is 21.8. The van der Waals surface area contributed by atoms with Gasteiger partial charge in [0.05, 0.1) is 15.8 Å². The number of para-hydroxylation sites is 1. The number of benzene rings is 1. The minimum absolute atomic E-state index is 0.171. The third-order valence-electron chi connectivity index (χ3n) is 3.86. The average molecular weight is 360 g/mol. The van der Waals surface area contributed by atoms with Gasteiger partial charge < -0.3 is 15.1 Å². The van der Waals surface area contributed by atoms with Crippen LogP contribution in [-0.2, 0) is 16.2 Å². The Morgan fingerprint density at radius 3 is 3.04 bits per heavy atom. The number of thiophene rings is 1. The van der Waals surface area contributed by atoms with E-state index >= 15 is 0 Å². The molecule has 4 rings (SSSR count). The maximum atomic E-state index is 12.3. The van der Waals surface area contributed by atoms with Crippen LogP contribution in [0.15, 0.2) is 47.6 Å². The molecule has 0 unspecified atom stereocenters. The van der Waals surface area contributed by atoms with E-state index in [-0.39, 0.29) is 5.91 Å². The zero-order chi connectivity index (χ0) is 16.5. The van der Waals surface area contributed by atoms with Crippen molar-refractivity contribution in [2.75, 3.05) is 0 Å². The quantitative estimate of drug-likeness (QED) is 0.746. The zero-order valence-corrected chi connectivity index (χ0v) is 14.2. The molecule has 3 aromatic rings. The smallest absolute Gasteiger partial charge is 0.264 e. The van der Waals surface area contributed by atoms with E-state index < -0.39 is 6.10 Å². The highest BCUT2D eigenvalue weighted by atomic mass is 35.5. The van der Waals surface area contributed by atoms with Gasteiger partial charge in [-0.15, -0.1) is 11.3 Å². The molecule has 0 aliphatic carbocycles. The molecule has 0 saturated carbocycles. The number of carbonyl (C=O) groups is 1. The number of carbonyl (C=O) groups excluding carboxylic acids is 1. The normalized spacial score (nSPS) is 16.9. The number of rotatable bonds is 4. The molecule has 3 heterocycles. The van der Waals surface area contributed by atoms with E-state index in [0.29, 0.717) is 17.3 Å². The molecule has 0 bridgehead atoms. The molecule has 1 aliphatic heterocycles. The molecule has 0 saturated heterocycles. The number of hydrogen-bond acceptors (Lipinski definition) is 4. The van der Waals surface area contributed by atoms with E-state index in [1.54, 1.807) is 0 Å². The van der Waals surface area contributed by atoms with Crippen LogP contribution in [0.25, 0.3) is 10.9 Å². The van der Waals surface area contributed by atoms with Gasteiger partial charge in [-0.3, -0.25) is 4.79 Å². The fourth-order valence-corrected chi connectivity index (χ4v) is 3.69. The number of aromatic amines is 1. The predicted molar refractivity (Wildman–Crippen MR) is 95.5 cm³/mol. The Balaban J connectivity index is 1.35. The second kappa shape index (κ2) is 6.30. The molecule has 5 nitrogen and oxygen atoms in total. The first kappa shape index (κ1) is 15.2. The number of H-pyrrole nitrogens is 1. The molecule has 24 heavy (non-hydrogen) atoms. The minimum Gasteiger partial charge on any atom is -0.382 e. The van der Waals surface area contributed by atoms with Gasteiger partial charge in [0, 0.05) is 17.6 Å². The van der Waals surface area contributed by atoms with Gasteiger partial charge in [-0.05, 0) is 29.7 Å². The van der Waals surface area contributed by atoms with Crippen molar-refractivity contribution in [1.82, 2.24) is 10.3 Å². The van der Waals surface area contributed by atoms with Crippen molar-refractivity contribution in [1.29, 1.82) is 0 Å². The zero-order valence-electron chi connectivity index (χ0n) is 12.6. The van der Waals surface area contributed by atoms with E-state index in [2.05, 4.69) is 15.5 Å². The number of halogens is 1. The summed E-state index contributed by atoms with van der Waals surface area (Å²) in [5.41, 5.74) is 2.77. The standard InChI is InChI=1S/C17H14ClN3O2S/c18-16-6-5-15(24-16)13-8-14(23-21-13)17(22)19-9-11-7-10-3-1-2-4-12(10)20-11/h1-7,14,20H,8-9H2,(H,19,22)/t14-/m1/s1. The summed E-state index contributed by atoms with van der Waals surface area (Å²) in [6, 6.07) is 13.7. The third-order valence-corrected chi connectivity index (χ3v) is 5.14. The van der Waals surface area contributed by atoms with Crippen molar-refractivity contribution in [3.8, 4) is 0 Å². The Morgan fingerprint density at radius 1 is 1.38 bits per heavy atom. The van der Waals surface area contributed by atoms with Crippen LogP contribution in [0.4, 0.5) is 0 Å². The van der Waals surface area contributed by atoms with Gasteiger partial charge >= 0.3 is 0 Å². The second-order valence-electron chi connectivity index (χ2n) is 5.54. The number of hydrogen-bond donors (Lipinski definition) is 2. The Kier molecular flexibility index (Phi) is 4.00. The van der Waals surface area contributed by atoms with E-state index in [1.165, 1.54) is 11.3 Å². The van der Waals surface area contributed by atoms with Crippen LogP contribution in [0.1, 0.15) is 17.0 Å². The molecule has 122 valence electrons. The van der Waals surface area contributed by atoms with Crippen LogP contribution in [0.2, 0.25) is 4.34 Å². The first-order valence-electron chi connectivity index (χ1n) is 7.52. The molecule has 0 spiro atoms. The third kappa shape index (κ3) is 3.02. The Bertz CT molecular complexity index is 898. The Morgan fingerprint density at radius 2 is 2.25 bits per heavy atom. The molecule has 7 heteroatoms. The highest BCUT2D eigenvalue weighted by Crippen LogP contribution is 2.26. The number of nitrogens with zero attached hydrogens (tertiary/aromatic N) is 1. The summed E-state index contributed by atoms with van der Waals surface area (Å²) in [7, 11) is 0. The van der Waals surface area contributed by atoms with Crippen LogP contribution in [0, 0.1) is 0 Å². The molecule has 1 aromatic carbocycles. The van der Waals surface area contributed by atoms with Crippen LogP contribution in [0.3, 0.4) is 0 Å². The molecular formula is C17H14ClN3O2S. The van der Waals surface area contributed by atoms with Gasteiger partial charge in [-0.1, -0.05) is 35.0 Å². The van der Waals surface area contributed by atoms with Crippen LogP contribution >= 0.6 is 22.9 Å². The predicted octanol–water partition coefficient (Wildman–Crippen LogP) is 3.69. The van der Waals surface area contributed by atoms with Gasteiger partial charge in [0.1, 0.15) is 5.71 Å². The van der Waals surface area contributed by atoms with Gasteiger partial charge in [0.2, 0.25) is 6.10 Å². The largest absolute Gasteiger partial charge is 0.382 e. The van der Waals surface area contributed by atoms with Gasteiger partial charge in [0.15, 0.2) is 0 Å². The van der Waals surface area contributed by atoms with E-state index in [0.717, 1.165) is 27.2 Å². The number of amides is 1. The molecule has 1 atom stereocenters. The molecular weight excluding hydrogens is 346 g/mol. The molecule has 1 amide bonds. The molecule has 2 aromatic heterocycles. The summed E-state index contributed by atoms with van der Waals surface area (Å²) >= 11 is 7.36. The topological polar surface area (TPSA) is 66.5 Å². The minimum atomic E-state index is -0.592. The van der Waals surface area contributed by atoms with Crippen molar-refractivity contribution in [2.24, 2.45) is 5.16 Å². The summed E-state index contributed by atoms with van der Waals surface area (Å²) in [5.74, 6) is -0.171. The lowest BCUT2D eigenvalue weighted by Gasteiger charge is -2.08. The van der Waals surface area contributed by atoms with Crippen molar-refractivity contribution < 1.29 is 9.63 Å². The molecule has 0 fully saturated rings. The fourth-order valence-electron chi connectivity index (χ4n) is 2.66. The van der Waals surface area contributed by atoms with Gasteiger partial charge in [-0.2, -0.15) is 0 Å². The van der Waals surface area contributed by atoms with Crippen molar-refractivity contribution >= 4 is 45.5 Å². The second-order valence-corrected chi connectivity index (χ2v) is 7.25. The SMILES string of the molecule is O=C(NCc1cc2ccccc2[nH]1)[C@H]1CC(c2ccc(Cl)s2)=NO1. The van der Waals surface area contributed by atoms with Crippen LogP contribution < -0.4 is 5.32 Å². The summed E-state index contributed by atoms with van der Waals surface area (Å²) < 4.78 is 0.694. The lowest BCUT2D eigenvalue weighted by molar-refractivity contribution is -0.131. The van der Waals surface area contributed by atoms with Crippen LogP contribution in [0.5, 0.6) is 0 Å². The van der Waals surface area contributed by atoms with E-state index in [9.17, 15) is 4.79 Å². The fraction of sp³-hybridized carbons (Fsp3) is 0.176. The average Bonchev–Trinajstić information content (AvgIpc) is 3.30. The summed E-state index contributed by atoms with van der Waals surface area (Å²) in [6.07, 6.45) is -0.139. The highest BCUT2D eigenvalue weighted by Gasteiger charge is 2.29. The lowest BCUT2D eigenvalue weighted by atomic mass is 10.1. The van der Waals surface area contributed by atoms with Crippen molar-refractivity contribution in [2.45, 2.75) is 19.1 Å². The lowest BCUT2D eigenvalue weighted by Crippen LogP contribution is -2.34.